The zero-order valence-electron chi connectivity index (χ0n) is 31.0. The molecule has 1 unspecified atom stereocenters. The SMILES string of the molecule is Cc1ccc(C(c2cccc(C(=O)O)n2)N2CCOCCOCCN(Cc3cccc(C)n3)CCOCCOCC2)cc1.NOOCCNC=O.O=CO. The molecule has 5 N–H and O–H groups in total. The van der Waals surface area contributed by atoms with Gasteiger partial charge in [-0.3, -0.25) is 24.4 Å². The lowest BCUT2D eigenvalue weighted by Gasteiger charge is -2.32. The summed E-state index contributed by atoms with van der Waals surface area (Å²) in [4.78, 5) is 51.2. The van der Waals surface area contributed by atoms with Gasteiger partial charge in [-0.1, -0.05) is 42.0 Å². The summed E-state index contributed by atoms with van der Waals surface area (Å²) in [5.74, 6) is 3.42. The maximum atomic E-state index is 11.7. The normalized spacial score (nSPS) is 16.1. The van der Waals surface area contributed by atoms with Crippen LogP contribution in [0.2, 0.25) is 0 Å². The van der Waals surface area contributed by atoms with E-state index in [9.17, 15) is 14.7 Å². The van der Waals surface area contributed by atoms with Gasteiger partial charge in [0.25, 0.3) is 6.47 Å². The summed E-state index contributed by atoms with van der Waals surface area (Å²) in [5, 5.41) is 18.8. The van der Waals surface area contributed by atoms with E-state index < -0.39 is 5.97 Å². The molecule has 1 amide bonds. The van der Waals surface area contributed by atoms with Gasteiger partial charge in [0, 0.05) is 45.0 Å². The second-order valence-electron chi connectivity index (χ2n) is 11.7. The number of aromatic carboxylic acids is 1. The molecule has 1 aromatic carbocycles. The van der Waals surface area contributed by atoms with Crippen LogP contribution in [0.25, 0.3) is 0 Å². The molecule has 3 aromatic rings. The zero-order chi connectivity index (χ0) is 39.2. The molecule has 1 aliphatic heterocycles. The highest BCUT2D eigenvalue weighted by Gasteiger charge is 2.25. The van der Waals surface area contributed by atoms with Gasteiger partial charge in [0.15, 0.2) is 0 Å². The third-order valence-electron chi connectivity index (χ3n) is 7.73. The van der Waals surface area contributed by atoms with Crippen LogP contribution in [-0.2, 0) is 45.0 Å². The van der Waals surface area contributed by atoms with Crippen molar-refractivity contribution in [1.82, 2.24) is 25.1 Å². The third kappa shape index (κ3) is 19.6. The number of rotatable bonds is 11. The summed E-state index contributed by atoms with van der Waals surface area (Å²) in [6, 6.07) is 19.2. The number of ether oxygens (including phenoxy) is 4. The Bertz CT molecular complexity index is 1430. The quantitative estimate of drug-likeness (QED) is 0.0952. The summed E-state index contributed by atoms with van der Waals surface area (Å²) < 4.78 is 23.8. The van der Waals surface area contributed by atoms with E-state index in [0.717, 1.165) is 42.1 Å². The van der Waals surface area contributed by atoms with E-state index in [-0.39, 0.29) is 24.8 Å². The van der Waals surface area contributed by atoms with E-state index in [1.54, 1.807) is 6.07 Å². The van der Waals surface area contributed by atoms with Crippen LogP contribution < -0.4 is 11.2 Å². The van der Waals surface area contributed by atoms with E-state index in [2.05, 4.69) is 65.1 Å². The minimum absolute atomic E-state index is 0.0199. The van der Waals surface area contributed by atoms with Crippen LogP contribution in [0.1, 0.15) is 44.7 Å². The Labute approximate surface area is 316 Å². The standard InChI is InChI=1S/C33H44N4O6.C3H8N2O3.CH2O2/c1-26-9-11-28(12-10-26)32(30-7-4-8-31(35-30)33(38)39)37-15-19-42-23-21-40-17-13-36(14-18-41-22-24-43-20-16-37)25-29-6-3-5-27(2)34-29;4-8-7-2-1-5-3-6;2-1-3/h3-12,32H,13-25H2,1-2H3,(H,38,39);3H,1-2,4H2,(H,5,6);1H,(H,2,3). The lowest BCUT2D eigenvalue weighted by atomic mass is 9.99. The Balaban J connectivity index is 0.000000802. The van der Waals surface area contributed by atoms with E-state index in [0.29, 0.717) is 84.6 Å². The van der Waals surface area contributed by atoms with Crippen LogP contribution in [0.3, 0.4) is 0 Å². The first kappa shape index (κ1) is 45.7. The number of amides is 1. The number of carboxylic acids is 1. The van der Waals surface area contributed by atoms with Crippen LogP contribution in [0.15, 0.2) is 60.7 Å². The Hall–Kier alpha value is -4.43. The lowest BCUT2D eigenvalue weighted by Crippen LogP contribution is -2.36. The van der Waals surface area contributed by atoms with Crippen molar-refractivity contribution in [2.24, 2.45) is 5.90 Å². The first-order valence-corrected chi connectivity index (χ1v) is 17.5. The highest BCUT2D eigenvalue weighted by molar-refractivity contribution is 5.85. The average Bonchev–Trinajstić information content (AvgIpc) is 3.16. The molecule has 3 heterocycles. The van der Waals surface area contributed by atoms with E-state index in [4.69, 9.17) is 28.8 Å². The van der Waals surface area contributed by atoms with E-state index >= 15 is 0 Å². The number of hydrogen-bond acceptors (Lipinski definition) is 14. The Morgan fingerprint density at radius 3 is 1.96 bits per heavy atom. The summed E-state index contributed by atoms with van der Waals surface area (Å²) in [5.41, 5.74) is 4.91. The number of aryl methyl sites for hydroxylation is 2. The van der Waals surface area contributed by atoms with Gasteiger partial charge in [-0.15, -0.1) is 4.99 Å². The number of carbonyl (C=O) groups is 3. The predicted molar refractivity (Wildman–Crippen MR) is 197 cm³/mol. The van der Waals surface area contributed by atoms with Crippen molar-refractivity contribution in [3.63, 3.8) is 0 Å². The summed E-state index contributed by atoms with van der Waals surface area (Å²) in [6.45, 7) is 12.1. The summed E-state index contributed by atoms with van der Waals surface area (Å²) >= 11 is 0. The van der Waals surface area contributed by atoms with Gasteiger partial charge >= 0.3 is 5.97 Å². The van der Waals surface area contributed by atoms with E-state index in [1.165, 1.54) is 6.07 Å². The van der Waals surface area contributed by atoms with Crippen molar-refractivity contribution in [3.8, 4) is 0 Å². The number of pyridine rings is 2. The molecule has 0 aliphatic carbocycles. The van der Waals surface area contributed by atoms with Crippen LogP contribution >= 0.6 is 0 Å². The number of carbonyl (C=O) groups excluding carboxylic acids is 1. The second-order valence-corrected chi connectivity index (χ2v) is 11.7. The molecule has 17 nitrogen and oxygen atoms in total. The fourth-order valence-corrected chi connectivity index (χ4v) is 5.20. The lowest BCUT2D eigenvalue weighted by molar-refractivity contribution is -0.297. The molecular weight excluding hydrogens is 704 g/mol. The number of nitrogens with zero attached hydrogens (tertiary/aromatic N) is 4. The molecule has 298 valence electrons. The first-order chi connectivity index (χ1) is 26.3. The molecule has 1 fully saturated rings. The highest BCUT2D eigenvalue weighted by Crippen LogP contribution is 2.28. The highest BCUT2D eigenvalue weighted by atomic mass is 17.3. The molecule has 2 aromatic heterocycles. The molecule has 0 saturated carbocycles. The Morgan fingerprint density at radius 2 is 1.43 bits per heavy atom. The largest absolute Gasteiger partial charge is 0.483 e. The second kappa shape index (κ2) is 29.0. The Morgan fingerprint density at radius 1 is 0.852 bits per heavy atom. The molecule has 1 atom stereocenters. The van der Waals surface area contributed by atoms with Crippen molar-refractivity contribution in [1.29, 1.82) is 0 Å². The first-order valence-electron chi connectivity index (χ1n) is 17.5. The molecule has 54 heavy (non-hydrogen) atoms. The van der Waals surface area contributed by atoms with Gasteiger partial charge in [-0.05, 0) is 43.7 Å². The molecule has 17 heteroatoms. The summed E-state index contributed by atoms with van der Waals surface area (Å²) in [7, 11) is 0. The van der Waals surface area contributed by atoms with Crippen LogP contribution in [0.4, 0.5) is 0 Å². The van der Waals surface area contributed by atoms with Crippen molar-refractivity contribution in [3.05, 3.63) is 94.6 Å². The fraction of sp³-hybridized carbons (Fsp3) is 0.486. The van der Waals surface area contributed by atoms with Gasteiger partial charge in [-0.25, -0.2) is 14.7 Å². The molecule has 4 rings (SSSR count). The zero-order valence-corrected chi connectivity index (χ0v) is 31.0. The average molecular weight is 759 g/mol. The number of aromatic nitrogens is 2. The Kier molecular flexibility index (Phi) is 24.6. The van der Waals surface area contributed by atoms with Gasteiger partial charge in [0.05, 0.1) is 70.3 Å². The topological polar surface area (TPSA) is 217 Å². The van der Waals surface area contributed by atoms with Crippen LogP contribution in [0.5, 0.6) is 0 Å². The van der Waals surface area contributed by atoms with Crippen molar-refractivity contribution < 1.29 is 53.4 Å². The number of nitrogens with one attached hydrogen (secondary N) is 1. The molecule has 1 aliphatic rings. The molecule has 0 spiro atoms. The maximum absolute atomic E-state index is 11.7. The van der Waals surface area contributed by atoms with Crippen LogP contribution in [0, 0.1) is 13.8 Å². The molecule has 1 saturated heterocycles. The monoisotopic (exact) mass is 758 g/mol. The van der Waals surface area contributed by atoms with Crippen molar-refractivity contribution >= 4 is 18.9 Å². The van der Waals surface area contributed by atoms with Gasteiger partial charge < -0.3 is 34.5 Å². The number of hydrogen-bond donors (Lipinski definition) is 4. The fourth-order valence-electron chi connectivity index (χ4n) is 5.20. The van der Waals surface area contributed by atoms with Crippen molar-refractivity contribution in [2.45, 2.75) is 26.4 Å². The number of carboxylic acid groups (broad SMARTS) is 2. The predicted octanol–water partition coefficient (Wildman–Crippen LogP) is 2.02. The molecule has 0 bridgehead atoms. The molecular formula is C37H54N6O11. The smallest absolute Gasteiger partial charge is 0.354 e. The summed E-state index contributed by atoms with van der Waals surface area (Å²) in [6.07, 6.45) is 0.569. The number of nitrogens with two attached hydrogens (primary N) is 1. The van der Waals surface area contributed by atoms with Gasteiger partial charge in [0.2, 0.25) is 6.41 Å². The molecule has 0 radical (unpaired) electrons. The van der Waals surface area contributed by atoms with Gasteiger partial charge in [-0.2, -0.15) is 5.90 Å². The van der Waals surface area contributed by atoms with Crippen molar-refractivity contribution in [2.75, 3.05) is 92.2 Å². The number of benzene rings is 1. The minimum atomic E-state index is -1.05. The third-order valence-corrected chi connectivity index (χ3v) is 7.73. The van der Waals surface area contributed by atoms with Gasteiger partial charge in [0.1, 0.15) is 12.3 Å². The van der Waals surface area contributed by atoms with E-state index in [1.807, 2.05) is 38.1 Å². The minimum Gasteiger partial charge on any atom is -0.483 e. The maximum Gasteiger partial charge on any atom is 0.354 e. The van der Waals surface area contributed by atoms with Crippen LogP contribution in [-0.4, -0.2) is 141 Å².